The molecule has 0 aliphatic carbocycles. The Balaban J connectivity index is 1.84. The maximum absolute atomic E-state index is 12.9. The van der Waals surface area contributed by atoms with Crippen LogP contribution in [0.25, 0.3) is 0 Å². The van der Waals surface area contributed by atoms with Crippen molar-refractivity contribution < 1.29 is 19.1 Å². The molecule has 0 aromatic heterocycles. The van der Waals surface area contributed by atoms with Crippen LogP contribution in [0, 0.1) is 17.2 Å². The summed E-state index contributed by atoms with van der Waals surface area (Å²) in [4.78, 5) is 37.8. The van der Waals surface area contributed by atoms with Crippen LogP contribution in [0.2, 0.25) is 0 Å². The molecule has 0 radical (unpaired) electrons. The third kappa shape index (κ3) is 5.86. The predicted octanol–water partition coefficient (Wildman–Crippen LogP) is 3.60. The minimum absolute atomic E-state index is 0.00945. The minimum Gasteiger partial charge on any atom is -0.468 e. The highest BCUT2D eigenvalue weighted by Crippen LogP contribution is 2.40. The molecule has 2 unspecified atom stereocenters. The topological polar surface area (TPSA) is 108 Å². The highest BCUT2D eigenvalue weighted by atomic mass is 32.2. The van der Waals surface area contributed by atoms with Crippen molar-refractivity contribution in [3.05, 3.63) is 81.9 Å². The molecule has 176 valence electrons. The standard InChI is InChI=1S/C26H27N3O4S/c1-16(2)18-9-11-19(12-10-18)22-20(13-27)25(29-24(31)23(22)26(32)33-3)34-15-21(30)28-14-17-7-5-4-6-8-17/h4-12,16,22-23H,14-15H2,1-3H3,(H,28,30)(H,29,31). The number of carbonyl (C=O) groups excluding carboxylic acids is 3. The van der Waals surface area contributed by atoms with Crippen LogP contribution in [0.5, 0.6) is 0 Å². The quantitative estimate of drug-likeness (QED) is 0.444. The van der Waals surface area contributed by atoms with Crippen molar-refractivity contribution in [3.63, 3.8) is 0 Å². The van der Waals surface area contributed by atoms with Gasteiger partial charge in [0.2, 0.25) is 11.8 Å². The van der Waals surface area contributed by atoms with Crippen LogP contribution in [-0.4, -0.2) is 30.6 Å². The first-order valence-corrected chi connectivity index (χ1v) is 11.9. The van der Waals surface area contributed by atoms with Gasteiger partial charge in [-0.15, -0.1) is 0 Å². The number of esters is 1. The van der Waals surface area contributed by atoms with Gasteiger partial charge in [-0.05, 0) is 22.6 Å². The van der Waals surface area contributed by atoms with E-state index in [1.54, 1.807) is 0 Å². The van der Waals surface area contributed by atoms with Gasteiger partial charge in [-0.1, -0.05) is 80.2 Å². The van der Waals surface area contributed by atoms with E-state index in [0.717, 1.165) is 22.9 Å². The molecule has 7 nitrogen and oxygen atoms in total. The number of nitriles is 1. The fraction of sp³-hybridized carbons (Fsp3) is 0.308. The largest absolute Gasteiger partial charge is 0.468 e. The third-order valence-electron chi connectivity index (χ3n) is 5.63. The molecule has 2 atom stereocenters. The number of methoxy groups -OCH3 is 1. The average Bonchev–Trinajstić information content (AvgIpc) is 2.85. The second kappa shape index (κ2) is 11.5. The molecule has 34 heavy (non-hydrogen) atoms. The Labute approximate surface area is 203 Å². The molecule has 3 rings (SSSR count). The zero-order valence-corrected chi connectivity index (χ0v) is 20.1. The molecule has 1 heterocycles. The number of rotatable bonds is 8. The summed E-state index contributed by atoms with van der Waals surface area (Å²) in [6, 6.07) is 19.2. The zero-order valence-electron chi connectivity index (χ0n) is 19.3. The van der Waals surface area contributed by atoms with Gasteiger partial charge in [0.05, 0.1) is 29.5 Å². The average molecular weight is 478 g/mol. The molecule has 0 spiro atoms. The minimum atomic E-state index is -1.19. The monoisotopic (exact) mass is 477 g/mol. The van der Waals surface area contributed by atoms with Crippen LogP contribution in [0.3, 0.4) is 0 Å². The molecule has 1 aliphatic rings. The van der Waals surface area contributed by atoms with E-state index in [9.17, 15) is 19.6 Å². The number of benzene rings is 2. The van der Waals surface area contributed by atoms with E-state index in [2.05, 4.69) is 30.6 Å². The van der Waals surface area contributed by atoms with E-state index < -0.39 is 23.7 Å². The van der Waals surface area contributed by atoms with Crippen LogP contribution in [-0.2, 0) is 25.7 Å². The van der Waals surface area contributed by atoms with Crippen molar-refractivity contribution in [2.24, 2.45) is 5.92 Å². The summed E-state index contributed by atoms with van der Waals surface area (Å²) in [6.07, 6.45) is 0. The SMILES string of the molecule is COC(=O)C1C(=O)NC(SCC(=O)NCc2ccccc2)=C(C#N)C1c1ccc(C(C)C)cc1. The summed E-state index contributed by atoms with van der Waals surface area (Å²) < 4.78 is 4.87. The van der Waals surface area contributed by atoms with E-state index >= 15 is 0 Å². The van der Waals surface area contributed by atoms with Crippen molar-refractivity contribution in [1.29, 1.82) is 5.26 Å². The second-order valence-electron chi connectivity index (χ2n) is 8.19. The molecular formula is C26H27N3O4S. The zero-order chi connectivity index (χ0) is 24.7. The van der Waals surface area contributed by atoms with Gasteiger partial charge in [0.25, 0.3) is 0 Å². The molecule has 0 saturated heterocycles. The van der Waals surface area contributed by atoms with Crippen molar-refractivity contribution in [1.82, 2.24) is 10.6 Å². The van der Waals surface area contributed by atoms with Gasteiger partial charge in [0.15, 0.2) is 0 Å². The van der Waals surface area contributed by atoms with Gasteiger partial charge in [-0.3, -0.25) is 14.4 Å². The second-order valence-corrected chi connectivity index (χ2v) is 9.18. The molecule has 0 saturated carbocycles. The molecule has 8 heteroatoms. The smallest absolute Gasteiger partial charge is 0.319 e. The molecule has 0 bridgehead atoms. The van der Waals surface area contributed by atoms with Crippen molar-refractivity contribution in [3.8, 4) is 6.07 Å². The van der Waals surface area contributed by atoms with E-state index in [-0.39, 0.29) is 22.3 Å². The third-order valence-corrected chi connectivity index (χ3v) is 6.64. The normalized spacial score (nSPS) is 17.7. The number of amides is 2. The van der Waals surface area contributed by atoms with Crippen LogP contribution in [0.4, 0.5) is 0 Å². The molecular weight excluding hydrogens is 450 g/mol. The fourth-order valence-corrected chi connectivity index (χ4v) is 4.63. The lowest BCUT2D eigenvalue weighted by atomic mass is 9.78. The van der Waals surface area contributed by atoms with Gasteiger partial charge < -0.3 is 15.4 Å². The number of hydrogen-bond donors (Lipinski definition) is 2. The molecule has 2 aromatic rings. The molecule has 2 aromatic carbocycles. The number of ether oxygens (including phenoxy) is 1. The Kier molecular flexibility index (Phi) is 8.50. The lowest BCUT2D eigenvalue weighted by Gasteiger charge is -2.31. The van der Waals surface area contributed by atoms with Crippen molar-refractivity contribution in [2.45, 2.75) is 32.2 Å². The van der Waals surface area contributed by atoms with Crippen molar-refractivity contribution >= 4 is 29.5 Å². The van der Waals surface area contributed by atoms with E-state index in [1.807, 2.05) is 54.6 Å². The summed E-state index contributed by atoms with van der Waals surface area (Å²) in [5, 5.41) is 15.7. The summed E-state index contributed by atoms with van der Waals surface area (Å²) in [5.74, 6) is -3.19. The summed E-state index contributed by atoms with van der Waals surface area (Å²) in [6.45, 7) is 4.52. The Morgan fingerprint density at radius 2 is 1.82 bits per heavy atom. The highest BCUT2D eigenvalue weighted by Gasteiger charge is 2.44. The Morgan fingerprint density at radius 3 is 2.41 bits per heavy atom. The van der Waals surface area contributed by atoms with E-state index in [1.165, 1.54) is 7.11 Å². The molecule has 2 N–H and O–H groups in total. The first-order chi connectivity index (χ1) is 16.3. The Bertz CT molecular complexity index is 1120. The van der Waals surface area contributed by atoms with Gasteiger partial charge >= 0.3 is 5.97 Å². The van der Waals surface area contributed by atoms with Crippen molar-refractivity contribution in [2.75, 3.05) is 12.9 Å². The number of hydrogen-bond acceptors (Lipinski definition) is 6. The molecule has 1 aliphatic heterocycles. The number of carbonyl (C=O) groups is 3. The van der Waals surface area contributed by atoms with E-state index in [0.29, 0.717) is 18.0 Å². The Hall–Kier alpha value is -3.57. The maximum Gasteiger partial charge on any atom is 0.319 e. The highest BCUT2D eigenvalue weighted by molar-refractivity contribution is 8.03. The van der Waals surface area contributed by atoms with Gasteiger partial charge in [0.1, 0.15) is 5.92 Å². The lowest BCUT2D eigenvalue weighted by Crippen LogP contribution is -2.44. The summed E-state index contributed by atoms with van der Waals surface area (Å²) in [5.41, 5.74) is 2.96. The number of nitrogens with one attached hydrogen (secondary N) is 2. The molecule has 0 fully saturated rings. The van der Waals surface area contributed by atoms with E-state index in [4.69, 9.17) is 4.74 Å². The summed E-state index contributed by atoms with van der Waals surface area (Å²) >= 11 is 1.07. The lowest BCUT2D eigenvalue weighted by molar-refractivity contribution is -0.150. The number of thioether (sulfide) groups is 1. The first kappa shape index (κ1) is 25.1. The number of nitrogens with zero attached hydrogens (tertiary/aromatic N) is 1. The number of allylic oxidation sites excluding steroid dienone is 1. The van der Waals surface area contributed by atoms with Crippen LogP contribution in [0.15, 0.2) is 65.2 Å². The first-order valence-electron chi connectivity index (χ1n) is 10.9. The van der Waals surface area contributed by atoms with Gasteiger partial charge in [-0.25, -0.2) is 0 Å². The fourth-order valence-electron chi connectivity index (χ4n) is 3.75. The maximum atomic E-state index is 12.9. The van der Waals surface area contributed by atoms with Gasteiger partial charge in [-0.2, -0.15) is 5.26 Å². The van der Waals surface area contributed by atoms with Crippen LogP contribution >= 0.6 is 11.8 Å². The van der Waals surface area contributed by atoms with Crippen LogP contribution < -0.4 is 10.6 Å². The van der Waals surface area contributed by atoms with Gasteiger partial charge in [0, 0.05) is 12.5 Å². The summed E-state index contributed by atoms with van der Waals surface area (Å²) in [7, 11) is 1.21. The van der Waals surface area contributed by atoms with Crippen LogP contribution in [0.1, 0.15) is 42.4 Å². The predicted molar refractivity (Wildman–Crippen MR) is 130 cm³/mol. The Morgan fingerprint density at radius 1 is 1.15 bits per heavy atom. The molecule has 2 amide bonds.